The minimum atomic E-state index is -2.28. The van der Waals surface area contributed by atoms with Gasteiger partial charge in [-0.25, -0.2) is 9.19 Å². The van der Waals surface area contributed by atoms with Crippen LogP contribution < -0.4 is 4.72 Å². The summed E-state index contributed by atoms with van der Waals surface area (Å²) < 4.78 is 24.9. The van der Waals surface area contributed by atoms with Crippen LogP contribution in [0.25, 0.3) is 44.4 Å². The first-order valence-corrected chi connectivity index (χ1v) is 14.5. The number of anilines is 1. The van der Waals surface area contributed by atoms with E-state index in [1.807, 2.05) is 60.7 Å². The fraction of sp³-hybridized carbons (Fsp3) is 0.114. The molecule has 1 aliphatic carbocycles. The van der Waals surface area contributed by atoms with E-state index < -0.39 is 11.3 Å². The first-order valence-electron chi connectivity index (χ1n) is 13.4. The Bertz CT molecular complexity index is 1790. The van der Waals surface area contributed by atoms with Gasteiger partial charge in [-0.05, 0) is 52.8 Å². The molecule has 0 amide bonds. The number of rotatable bonds is 6. The van der Waals surface area contributed by atoms with E-state index in [-0.39, 0.29) is 0 Å². The molecule has 5 aromatic rings. The van der Waals surface area contributed by atoms with Gasteiger partial charge in [0.05, 0.1) is 16.9 Å². The molecule has 1 aliphatic rings. The zero-order chi connectivity index (χ0) is 27.6. The van der Waals surface area contributed by atoms with Gasteiger partial charge >= 0.3 is 0 Å². The highest BCUT2D eigenvalue weighted by Crippen LogP contribution is 2.40. The second-order valence-electron chi connectivity index (χ2n) is 10.2. The third-order valence-corrected chi connectivity index (χ3v) is 8.08. The Morgan fingerprint density at radius 3 is 2.27 bits per heavy atom. The fourth-order valence-corrected chi connectivity index (χ4v) is 6.00. The van der Waals surface area contributed by atoms with E-state index in [9.17, 15) is 8.76 Å². The van der Waals surface area contributed by atoms with Gasteiger partial charge < -0.3 is 0 Å². The van der Waals surface area contributed by atoms with Gasteiger partial charge in [0.2, 0.25) is 0 Å². The summed E-state index contributed by atoms with van der Waals surface area (Å²) in [6, 6.07) is 32.8. The Morgan fingerprint density at radius 2 is 1.50 bits per heavy atom. The Balaban J connectivity index is 1.52. The van der Waals surface area contributed by atoms with Crippen LogP contribution in [0.1, 0.15) is 24.0 Å². The van der Waals surface area contributed by atoms with E-state index in [0.717, 1.165) is 38.9 Å². The molecule has 1 aromatic heterocycles. The Kier molecular flexibility index (Phi) is 7.16. The Morgan fingerprint density at radius 1 is 0.775 bits per heavy atom. The summed E-state index contributed by atoms with van der Waals surface area (Å²) in [6.45, 7) is 4.40. The van der Waals surface area contributed by atoms with Crippen LogP contribution in [0, 0.1) is 12.8 Å². The third kappa shape index (κ3) is 5.02. The Hall–Kier alpha value is -4.32. The molecule has 3 unspecified atom stereocenters. The lowest BCUT2D eigenvalue weighted by atomic mass is 9.81. The molecule has 4 aromatic carbocycles. The van der Waals surface area contributed by atoms with E-state index in [1.165, 1.54) is 11.1 Å². The average molecular weight is 543 g/mol. The summed E-state index contributed by atoms with van der Waals surface area (Å²) in [7, 11) is 0. The number of benzene rings is 4. The van der Waals surface area contributed by atoms with Gasteiger partial charge in [0.25, 0.3) is 11.3 Å². The molecule has 0 aliphatic heterocycles. The van der Waals surface area contributed by atoms with E-state index in [2.05, 4.69) is 79.3 Å². The van der Waals surface area contributed by atoms with E-state index in [1.54, 1.807) is 0 Å². The van der Waals surface area contributed by atoms with Crippen LogP contribution in [0.4, 0.5) is 5.69 Å². The van der Waals surface area contributed by atoms with Gasteiger partial charge in [0.1, 0.15) is 0 Å². The van der Waals surface area contributed by atoms with Crippen molar-refractivity contribution in [2.45, 2.75) is 19.8 Å². The minimum Gasteiger partial charge on any atom is -0.289 e. The molecule has 0 bridgehead atoms. The average Bonchev–Trinajstić information content (AvgIpc) is 2.98. The van der Waals surface area contributed by atoms with E-state index in [4.69, 9.17) is 4.98 Å². The maximum Gasteiger partial charge on any atom is 0.259 e. The fourth-order valence-electron chi connectivity index (χ4n) is 5.62. The van der Waals surface area contributed by atoms with Crippen molar-refractivity contribution in [1.82, 2.24) is 4.98 Å². The van der Waals surface area contributed by atoms with Crippen LogP contribution in [0.15, 0.2) is 121 Å². The summed E-state index contributed by atoms with van der Waals surface area (Å²) in [5, 5.41) is 0.888. The van der Waals surface area contributed by atoms with Crippen LogP contribution in [0.3, 0.4) is 0 Å². The molecular formula is C35H30N2O2S. The SMILES string of the molecule is Cc1ccc(-c2ccc3ccc(-c4ccccc4-c4ccccc4)c(NS(=O)O)c3n2)cc1C1C=CC=CC1C. The van der Waals surface area contributed by atoms with Crippen molar-refractivity contribution < 1.29 is 8.76 Å². The maximum absolute atomic E-state index is 12.2. The third-order valence-electron chi connectivity index (χ3n) is 7.70. The minimum absolute atomic E-state index is 0.306. The molecule has 5 heteroatoms. The molecule has 4 nitrogen and oxygen atoms in total. The lowest BCUT2D eigenvalue weighted by Crippen LogP contribution is -2.09. The number of hydrogen-bond acceptors (Lipinski definition) is 2. The second-order valence-corrected chi connectivity index (χ2v) is 10.9. The summed E-state index contributed by atoms with van der Waals surface area (Å²) in [5.74, 6) is 0.714. The smallest absolute Gasteiger partial charge is 0.259 e. The molecule has 0 spiro atoms. The molecular weight excluding hydrogens is 512 g/mol. The van der Waals surface area contributed by atoms with Crippen LogP contribution in [0.5, 0.6) is 0 Å². The molecule has 0 fully saturated rings. The van der Waals surface area contributed by atoms with Crippen LogP contribution in [0.2, 0.25) is 0 Å². The summed E-state index contributed by atoms with van der Waals surface area (Å²) in [6.07, 6.45) is 8.73. The summed E-state index contributed by atoms with van der Waals surface area (Å²) in [5.41, 5.74) is 9.44. The molecule has 40 heavy (non-hydrogen) atoms. The largest absolute Gasteiger partial charge is 0.289 e. The molecule has 2 N–H and O–H groups in total. The number of aromatic nitrogens is 1. The quantitative estimate of drug-likeness (QED) is 0.211. The number of pyridine rings is 1. The molecule has 3 atom stereocenters. The summed E-state index contributed by atoms with van der Waals surface area (Å²) in [4.78, 5) is 5.08. The first-order chi connectivity index (χ1) is 19.5. The zero-order valence-electron chi connectivity index (χ0n) is 22.4. The molecule has 198 valence electrons. The van der Waals surface area contributed by atoms with Gasteiger partial charge in [0.15, 0.2) is 0 Å². The van der Waals surface area contributed by atoms with Crippen molar-refractivity contribution in [3.05, 3.63) is 132 Å². The number of nitrogens with zero attached hydrogens (tertiary/aromatic N) is 1. The monoisotopic (exact) mass is 542 g/mol. The molecule has 0 saturated heterocycles. The predicted octanol–water partition coefficient (Wildman–Crippen LogP) is 8.94. The second kappa shape index (κ2) is 11.0. The van der Waals surface area contributed by atoms with Crippen molar-refractivity contribution in [3.8, 4) is 33.5 Å². The standard InChI is InChI=1S/C35H30N2O2S/c1-23-10-6-7-13-28(23)32-22-27(17-16-24(32)2)33-21-19-26-18-20-31(35(34(26)36-33)37-40(38)39)30-15-9-8-14-29(30)25-11-4-3-5-12-25/h3-23,28,37H,1-2H3,(H,38,39). The van der Waals surface area contributed by atoms with Crippen molar-refractivity contribution >= 4 is 27.9 Å². The predicted molar refractivity (Wildman–Crippen MR) is 167 cm³/mol. The lowest BCUT2D eigenvalue weighted by Gasteiger charge is -2.23. The van der Waals surface area contributed by atoms with Gasteiger partial charge in [-0.2, -0.15) is 0 Å². The number of allylic oxidation sites excluding steroid dienone is 4. The van der Waals surface area contributed by atoms with Gasteiger partial charge in [-0.3, -0.25) is 9.27 Å². The van der Waals surface area contributed by atoms with Crippen molar-refractivity contribution in [2.75, 3.05) is 4.72 Å². The molecule has 1 heterocycles. The van der Waals surface area contributed by atoms with Gasteiger partial charge in [-0.1, -0.05) is 116 Å². The van der Waals surface area contributed by atoms with Gasteiger partial charge in [0, 0.05) is 22.4 Å². The van der Waals surface area contributed by atoms with Crippen molar-refractivity contribution in [1.29, 1.82) is 0 Å². The van der Waals surface area contributed by atoms with Crippen molar-refractivity contribution in [3.63, 3.8) is 0 Å². The normalized spacial score (nSPS) is 17.2. The number of nitrogens with one attached hydrogen (secondary N) is 1. The van der Waals surface area contributed by atoms with Crippen LogP contribution >= 0.6 is 0 Å². The lowest BCUT2D eigenvalue weighted by molar-refractivity contribution is 0.570. The molecule has 6 rings (SSSR count). The Labute approximate surface area is 237 Å². The number of fused-ring (bicyclic) bond motifs is 1. The zero-order valence-corrected chi connectivity index (χ0v) is 23.2. The topological polar surface area (TPSA) is 62.2 Å². The maximum atomic E-state index is 12.2. The number of hydrogen-bond donors (Lipinski definition) is 2. The highest BCUT2D eigenvalue weighted by atomic mass is 32.2. The van der Waals surface area contributed by atoms with E-state index in [0.29, 0.717) is 23.0 Å². The van der Waals surface area contributed by atoms with E-state index >= 15 is 0 Å². The summed E-state index contributed by atoms with van der Waals surface area (Å²) >= 11 is -2.28. The highest BCUT2D eigenvalue weighted by Gasteiger charge is 2.20. The highest BCUT2D eigenvalue weighted by molar-refractivity contribution is 7.80. The number of aryl methyl sites for hydroxylation is 1. The van der Waals surface area contributed by atoms with Crippen LogP contribution in [-0.4, -0.2) is 13.7 Å². The molecule has 0 saturated carbocycles. The molecule has 0 radical (unpaired) electrons. The van der Waals surface area contributed by atoms with Crippen molar-refractivity contribution in [2.24, 2.45) is 5.92 Å². The van der Waals surface area contributed by atoms with Crippen LogP contribution in [-0.2, 0) is 11.3 Å². The van der Waals surface area contributed by atoms with Gasteiger partial charge in [-0.15, -0.1) is 0 Å². The first kappa shape index (κ1) is 25.9.